The number of benzene rings is 2. The minimum Gasteiger partial charge on any atom is -0.465 e. The van der Waals surface area contributed by atoms with Gasteiger partial charge in [-0.15, -0.1) is 11.3 Å². The van der Waals surface area contributed by atoms with Gasteiger partial charge in [0.1, 0.15) is 10.7 Å². The number of Topliss-reactive ketones (excluding diaryl/α,β-unsaturated/α-hetero) is 1. The Kier molecular flexibility index (Phi) is 5.81. The molecule has 0 radical (unpaired) electrons. The third-order valence-electron chi connectivity index (χ3n) is 4.80. The van der Waals surface area contributed by atoms with Crippen LogP contribution in [0.3, 0.4) is 0 Å². The van der Waals surface area contributed by atoms with Crippen LogP contribution in [0.4, 0.5) is 15.8 Å². The Labute approximate surface area is 187 Å². The van der Waals surface area contributed by atoms with Crippen molar-refractivity contribution in [2.75, 3.05) is 16.7 Å². The maximum Gasteiger partial charge on any atom is 0.337 e. The van der Waals surface area contributed by atoms with E-state index in [9.17, 15) is 22.4 Å². The van der Waals surface area contributed by atoms with Crippen molar-refractivity contribution in [3.8, 4) is 0 Å². The summed E-state index contributed by atoms with van der Waals surface area (Å²) in [6.45, 7) is -0.123. The molecule has 1 aliphatic heterocycles. The van der Waals surface area contributed by atoms with E-state index < -0.39 is 32.5 Å². The fourth-order valence-corrected chi connectivity index (χ4v) is 5.71. The Morgan fingerprint density at radius 2 is 1.94 bits per heavy atom. The number of rotatable bonds is 5. The van der Waals surface area contributed by atoms with Crippen LogP contribution in [-0.4, -0.2) is 27.3 Å². The molecule has 1 aromatic heterocycles. The summed E-state index contributed by atoms with van der Waals surface area (Å²) >= 11 is 1.14. The Balaban J connectivity index is 1.68. The van der Waals surface area contributed by atoms with E-state index in [1.54, 1.807) is 29.6 Å². The van der Waals surface area contributed by atoms with Crippen molar-refractivity contribution in [2.24, 2.45) is 0 Å². The van der Waals surface area contributed by atoms with Gasteiger partial charge >= 0.3 is 5.97 Å². The predicted molar refractivity (Wildman–Crippen MR) is 120 cm³/mol. The van der Waals surface area contributed by atoms with Crippen molar-refractivity contribution in [2.45, 2.75) is 6.54 Å². The van der Waals surface area contributed by atoms with Crippen LogP contribution in [0.15, 0.2) is 71.1 Å². The highest BCUT2D eigenvalue weighted by atomic mass is 32.2. The summed E-state index contributed by atoms with van der Waals surface area (Å²) in [6.07, 6.45) is 1.13. The van der Waals surface area contributed by atoms with Gasteiger partial charge in [-0.05, 0) is 53.4 Å². The summed E-state index contributed by atoms with van der Waals surface area (Å²) < 4.78 is 46.0. The Morgan fingerprint density at radius 1 is 1.19 bits per heavy atom. The Hall–Kier alpha value is -3.50. The SMILES string of the molecule is COC(=O)c1ccc(N/C=C2/C(=O)c3sccc3N(Cc3cccc(F)c3)S2(=O)=O)cc1. The van der Waals surface area contributed by atoms with Crippen molar-refractivity contribution in [3.63, 3.8) is 0 Å². The number of halogens is 1. The van der Waals surface area contributed by atoms with Gasteiger partial charge in [0.05, 0.1) is 24.9 Å². The molecule has 1 N–H and O–H groups in total. The minimum atomic E-state index is -4.21. The van der Waals surface area contributed by atoms with Crippen LogP contribution in [-0.2, 0) is 21.3 Å². The average molecular weight is 473 g/mol. The summed E-state index contributed by atoms with van der Waals surface area (Å²) in [6, 6.07) is 13.3. The number of carbonyl (C=O) groups excluding carboxylic acids is 2. The highest BCUT2D eigenvalue weighted by molar-refractivity contribution is 7.97. The van der Waals surface area contributed by atoms with Gasteiger partial charge in [0.15, 0.2) is 4.91 Å². The highest BCUT2D eigenvalue weighted by Gasteiger charge is 2.41. The first kappa shape index (κ1) is 21.7. The van der Waals surface area contributed by atoms with Crippen molar-refractivity contribution in [1.29, 1.82) is 0 Å². The molecule has 7 nitrogen and oxygen atoms in total. The first-order chi connectivity index (χ1) is 15.3. The first-order valence-corrected chi connectivity index (χ1v) is 11.7. The van der Waals surface area contributed by atoms with E-state index >= 15 is 0 Å². The molecular weight excluding hydrogens is 455 g/mol. The smallest absolute Gasteiger partial charge is 0.337 e. The number of hydrogen-bond donors (Lipinski definition) is 1. The second kappa shape index (κ2) is 8.56. The molecule has 0 amide bonds. The fraction of sp³-hybridized carbons (Fsp3) is 0.0909. The van der Waals surface area contributed by atoms with Crippen LogP contribution in [0.25, 0.3) is 0 Å². The molecular formula is C22H17FN2O5S2. The number of ketones is 1. The molecule has 0 saturated heterocycles. The van der Waals surface area contributed by atoms with E-state index in [0.717, 1.165) is 21.8 Å². The first-order valence-electron chi connectivity index (χ1n) is 9.35. The lowest BCUT2D eigenvalue weighted by molar-refractivity contribution is 0.0600. The maximum atomic E-state index is 13.6. The Morgan fingerprint density at radius 3 is 2.62 bits per heavy atom. The van der Waals surface area contributed by atoms with Gasteiger partial charge in [-0.1, -0.05) is 12.1 Å². The zero-order valence-corrected chi connectivity index (χ0v) is 18.4. The fourth-order valence-electron chi connectivity index (χ4n) is 3.23. The summed E-state index contributed by atoms with van der Waals surface area (Å²) in [7, 11) is -2.94. The number of allylic oxidation sites excluding steroid dienone is 1. The molecule has 0 spiro atoms. The van der Waals surface area contributed by atoms with Crippen molar-refractivity contribution < 1.29 is 27.1 Å². The van der Waals surface area contributed by atoms with Gasteiger partial charge in [-0.2, -0.15) is 0 Å². The van der Waals surface area contributed by atoms with Crippen LogP contribution < -0.4 is 9.62 Å². The summed E-state index contributed by atoms with van der Waals surface area (Å²) in [4.78, 5) is 24.3. The summed E-state index contributed by atoms with van der Waals surface area (Å²) in [5.74, 6) is -1.60. The van der Waals surface area contributed by atoms with E-state index in [-0.39, 0.29) is 17.1 Å². The zero-order valence-electron chi connectivity index (χ0n) is 16.7. The van der Waals surface area contributed by atoms with Crippen LogP contribution in [0, 0.1) is 5.82 Å². The average Bonchev–Trinajstić information content (AvgIpc) is 3.26. The Bertz CT molecular complexity index is 1330. The number of hydrogen-bond acceptors (Lipinski definition) is 7. The quantitative estimate of drug-likeness (QED) is 0.443. The number of nitrogens with one attached hydrogen (secondary N) is 1. The number of thiophene rings is 1. The van der Waals surface area contributed by atoms with E-state index in [2.05, 4.69) is 10.1 Å². The van der Waals surface area contributed by atoms with Gasteiger partial charge in [0.25, 0.3) is 10.0 Å². The van der Waals surface area contributed by atoms with Gasteiger partial charge in [0, 0.05) is 11.9 Å². The molecule has 32 heavy (non-hydrogen) atoms. The summed E-state index contributed by atoms with van der Waals surface area (Å²) in [5.41, 5.74) is 1.52. The molecule has 0 fully saturated rings. The largest absolute Gasteiger partial charge is 0.465 e. The number of nitrogens with zero attached hydrogens (tertiary/aromatic N) is 1. The van der Waals surface area contributed by atoms with Gasteiger partial charge in [-0.25, -0.2) is 17.6 Å². The van der Waals surface area contributed by atoms with E-state index in [4.69, 9.17) is 0 Å². The second-order valence-corrected chi connectivity index (χ2v) is 9.57. The zero-order chi connectivity index (χ0) is 22.9. The molecule has 0 unspecified atom stereocenters. The molecule has 0 aliphatic carbocycles. The number of fused-ring (bicyclic) bond motifs is 1. The van der Waals surface area contributed by atoms with Crippen LogP contribution in [0.5, 0.6) is 0 Å². The number of carbonyl (C=O) groups is 2. The molecule has 164 valence electrons. The third kappa shape index (κ3) is 4.02. The number of anilines is 2. The minimum absolute atomic E-state index is 0.123. The monoisotopic (exact) mass is 472 g/mol. The standard InChI is InChI=1S/C22H17FN2O5S2/c1-30-22(27)15-5-7-17(8-6-15)24-12-19-20(26)21-18(9-10-31-21)25(32(19,28)29)13-14-3-2-4-16(23)11-14/h2-12,24H,13H2,1H3/b19-12-. The molecule has 0 saturated carbocycles. The highest BCUT2D eigenvalue weighted by Crippen LogP contribution is 2.39. The number of esters is 1. The molecule has 4 rings (SSSR count). The molecule has 2 heterocycles. The van der Waals surface area contributed by atoms with E-state index in [0.29, 0.717) is 16.8 Å². The number of methoxy groups -OCH3 is 1. The van der Waals surface area contributed by atoms with Crippen molar-refractivity contribution >= 4 is 44.5 Å². The lowest BCUT2D eigenvalue weighted by Gasteiger charge is -2.29. The van der Waals surface area contributed by atoms with E-state index in [1.807, 2.05) is 0 Å². The van der Waals surface area contributed by atoms with Crippen molar-refractivity contribution in [1.82, 2.24) is 0 Å². The lowest BCUT2D eigenvalue weighted by Crippen LogP contribution is -2.38. The molecule has 2 aromatic carbocycles. The molecule has 1 aliphatic rings. The number of ether oxygens (including phenoxy) is 1. The van der Waals surface area contributed by atoms with Gasteiger partial charge in [-0.3, -0.25) is 9.10 Å². The van der Waals surface area contributed by atoms with Crippen LogP contribution >= 0.6 is 11.3 Å². The van der Waals surface area contributed by atoms with Gasteiger partial charge in [0.2, 0.25) is 5.78 Å². The number of sulfonamides is 1. The van der Waals surface area contributed by atoms with E-state index in [1.165, 1.54) is 37.4 Å². The normalized spacial score (nSPS) is 16.0. The molecule has 0 bridgehead atoms. The van der Waals surface area contributed by atoms with Crippen LogP contribution in [0.2, 0.25) is 0 Å². The lowest BCUT2D eigenvalue weighted by atomic mass is 10.2. The topological polar surface area (TPSA) is 92.8 Å². The van der Waals surface area contributed by atoms with Crippen molar-refractivity contribution in [3.05, 3.63) is 92.9 Å². The molecule has 10 heteroatoms. The third-order valence-corrected chi connectivity index (χ3v) is 7.47. The van der Waals surface area contributed by atoms with Gasteiger partial charge < -0.3 is 10.1 Å². The second-order valence-electron chi connectivity index (χ2n) is 6.83. The maximum absolute atomic E-state index is 13.6. The molecule has 3 aromatic rings. The summed E-state index contributed by atoms with van der Waals surface area (Å²) in [5, 5.41) is 4.44. The molecule has 0 atom stereocenters. The van der Waals surface area contributed by atoms with Crippen LogP contribution in [0.1, 0.15) is 25.6 Å². The predicted octanol–water partition coefficient (Wildman–Crippen LogP) is 4.16.